The molecule has 4 N–H and O–H groups in total. The lowest BCUT2D eigenvalue weighted by Crippen LogP contribution is -2.48. The lowest BCUT2D eigenvalue weighted by molar-refractivity contribution is -0.124. The SMILES string of the molecule is CC[C@@H](N)C(=O)NCC1(O)CCCCC1. The van der Waals surface area contributed by atoms with Crippen molar-refractivity contribution < 1.29 is 9.90 Å². The minimum absolute atomic E-state index is 0.156. The van der Waals surface area contributed by atoms with Gasteiger partial charge >= 0.3 is 0 Å². The molecule has 0 aromatic heterocycles. The predicted octanol–water partition coefficient (Wildman–Crippen LogP) is 0.535. The summed E-state index contributed by atoms with van der Waals surface area (Å²) in [5.41, 5.74) is 4.89. The number of nitrogens with two attached hydrogens (primary N) is 1. The Balaban J connectivity index is 2.31. The first kappa shape index (κ1) is 12.5. The fraction of sp³-hybridized carbons (Fsp3) is 0.909. The van der Waals surface area contributed by atoms with E-state index in [4.69, 9.17) is 5.73 Å². The van der Waals surface area contributed by atoms with Gasteiger partial charge in [0.05, 0.1) is 11.6 Å². The van der Waals surface area contributed by atoms with Gasteiger partial charge in [-0.25, -0.2) is 0 Å². The summed E-state index contributed by atoms with van der Waals surface area (Å²) in [6, 6.07) is -0.447. The Hall–Kier alpha value is -0.610. The topological polar surface area (TPSA) is 75.4 Å². The number of aliphatic hydroxyl groups is 1. The molecule has 0 radical (unpaired) electrons. The zero-order chi connectivity index (χ0) is 11.3. The number of nitrogens with one attached hydrogen (secondary N) is 1. The Morgan fingerprint density at radius 3 is 2.60 bits per heavy atom. The second-order valence-electron chi connectivity index (χ2n) is 4.52. The fourth-order valence-electron chi connectivity index (χ4n) is 1.95. The maximum Gasteiger partial charge on any atom is 0.237 e. The molecule has 0 unspecified atom stereocenters. The first-order valence-corrected chi connectivity index (χ1v) is 5.83. The summed E-state index contributed by atoms with van der Waals surface area (Å²) < 4.78 is 0. The van der Waals surface area contributed by atoms with Crippen molar-refractivity contribution in [3.8, 4) is 0 Å². The van der Waals surface area contributed by atoms with Crippen LogP contribution in [0, 0.1) is 0 Å². The minimum atomic E-state index is -0.693. The fourth-order valence-corrected chi connectivity index (χ4v) is 1.95. The van der Waals surface area contributed by atoms with Gasteiger partial charge < -0.3 is 16.2 Å². The lowest BCUT2D eigenvalue weighted by Gasteiger charge is -2.32. The third-order valence-corrected chi connectivity index (χ3v) is 3.15. The Kier molecular flexibility index (Phi) is 4.54. The first-order valence-electron chi connectivity index (χ1n) is 5.83. The molecule has 1 saturated carbocycles. The third kappa shape index (κ3) is 3.80. The van der Waals surface area contributed by atoms with E-state index in [1.165, 1.54) is 6.42 Å². The molecule has 1 aliphatic carbocycles. The maximum absolute atomic E-state index is 11.4. The average Bonchev–Trinajstić information content (AvgIpc) is 2.26. The van der Waals surface area contributed by atoms with E-state index in [1.54, 1.807) is 0 Å². The molecule has 0 aliphatic heterocycles. The monoisotopic (exact) mass is 214 g/mol. The number of carbonyl (C=O) groups excluding carboxylic acids is 1. The van der Waals surface area contributed by atoms with Crippen LogP contribution in [0.3, 0.4) is 0 Å². The van der Waals surface area contributed by atoms with Gasteiger partial charge in [-0.2, -0.15) is 0 Å². The largest absolute Gasteiger partial charge is 0.388 e. The van der Waals surface area contributed by atoms with Gasteiger partial charge in [0.2, 0.25) is 5.91 Å². The second-order valence-corrected chi connectivity index (χ2v) is 4.52. The molecule has 0 heterocycles. The Morgan fingerprint density at radius 2 is 2.07 bits per heavy atom. The molecule has 0 aromatic rings. The van der Waals surface area contributed by atoms with Gasteiger partial charge in [0.25, 0.3) is 0 Å². The molecule has 88 valence electrons. The second kappa shape index (κ2) is 5.47. The van der Waals surface area contributed by atoms with Gasteiger partial charge in [0, 0.05) is 6.54 Å². The van der Waals surface area contributed by atoms with Crippen LogP contribution < -0.4 is 11.1 Å². The Labute approximate surface area is 91.2 Å². The number of hydrogen-bond donors (Lipinski definition) is 3. The van der Waals surface area contributed by atoms with Crippen LogP contribution in [0.5, 0.6) is 0 Å². The maximum atomic E-state index is 11.4. The molecular formula is C11H22N2O2. The van der Waals surface area contributed by atoms with Crippen molar-refractivity contribution in [3.05, 3.63) is 0 Å². The zero-order valence-corrected chi connectivity index (χ0v) is 9.46. The molecule has 4 heteroatoms. The molecule has 0 saturated heterocycles. The summed E-state index contributed by atoms with van der Waals surface area (Å²) in [5, 5.41) is 12.8. The number of rotatable bonds is 4. The van der Waals surface area contributed by atoms with Crippen LogP contribution in [0.1, 0.15) is 45.4 Å². The highest BCUT2D eigenvalue weighted by Gasteiger charge is 2.29. The van der Waals surface area contributed by atoms with E-state index < -0.39 is 11.6 Å². The minimum Gasteiger partial charge on any atom is -0.388 e. The van der Waals surface area contributed by atoms with Crippen molar-refractivity contribution in [2.24, 2.45) is 5.73 Å². The molecule has 0 bridgehead atoms. The summed E-state index contributed by atoms with van der Waals surface area (Å²) in [7, 11) is 0. The third-order valence-electron chi connectivity index (χ3n) is 3.15. The van der Waals surface area contributed by atoms with Crippen molar-refractivity contribution in [1.29, 1.82) is 0 Å². The van der Waals surface area contributed by atoms with Crippen LogP contribution in [0.25, 0.3) is 0 Å². The van der Waals surface area contributed by atoms with Gasteiger partial charge in [-0.3, -0.25) is 4.79 Å². The van der Waals surface area contributed by atoms with E-state index >= 15 is 0 Å². The summed E-state index contributed by atoms with van der Waals surface area (Å²) in [6.45, 7) is 2.22. The van der Waals surface area contributed by atoms with Gasteiger partial charge in [-0.05, 0) is 19.3 Å². The normalized spacial score (nSPS) is 22.1. The molecule has 1 aliphatic rings. The highest BCUT2D eigenvalue weighted by Crippen LogP contribution is 2.27. The summed E-state index contributed by atoms with van der Waals surface area (Å²) in [6.07, 6.45) is 5.48. The highest BCUT2D eigenvalue weighted by atomic mass is 16.3. The quantitative estimate of drug-likeness (QED) is 0.639. The van der Waals surface area contributed by atoms with E-state index in [1.807, 2.05) is 6.92 Å². The van der Waals surface area contributed by atoms with E-state index in [0.29, 0.717) is 13.0 Å². The number of amides is 1. The van der Waals surface area contributed by atoms with Crippen LogP contribution in [-0.4, -0.2) is 29.2 Å². The molecule has 0 spiro atoms. The molecule has 1 fully saturated rings. The van der Waals surface area contributed by atoms with Crippen molar-refractivity contribution in [2.75, 3.05) is 6.54 Å². The van der Waals surface area contributed by atoms with Gasteiger partial charge in [-0.15, -0.1) is 0 Å². The van der Waals surface area contributed by atoms with Crippen LogP contribution >= 0.6 is 0 Å². The van der Waals surface area contributed by atoms with E-state index in [9.17, 15) is 9.90 Å². The van der Waals surface area contributed by atoms with Gasteiger partial charge in [0.1, 0.15) is 0 Å². The van der Waals surface area contributed by atoms with Crippen molar-refractivity contribution in [2.45, 2.75) is 57.1 Å². The van der Waals surface area contributed by atoms with Gasteiger partial charge in [-0.1, -0.05) is 26.2 Å². The molecule has 1 rings (SSSR count). The summed E-state index contributed by atoms with van der Waals surface area (Å²) in [5.74, 6) is -0.156. The molecule has 0 aromatic carbocycles. The molecule has 15 heavy (non-hydrogen) atoms. The number of hydrogen-bond acceptors (Lipinski definition) is 3. The van der Waals surface area contributed by atoms with E-state index in [0.717, 1.165) is 25.7 Å². The summed E-state index contributed by atoms with van der Waals surface area (Å²) in [4.78, 5) is 11.4. The predicted molar refractivity (Wildman–Crippen MR) is 59.3 cm³/mol. The average molecular weight is 214 g/mol. The van der Waals surface area contributed by atoms with Crippen LogP contribution in [-0.2, 0) is 4.79 Å². The van der Waals surface area contributed by atoms with Crippen LogP contribution in [0.4, 0.5) is 0 Å². The van der Waals surface area contributed by atoms with E-state index in [-0.39, 0.29) is 5.91 Å². The number of carbonyl (C=O) groups is 1. The standard InChI is InChI=1S/C11H22N2O2/c1-2-9(12)10(14)13-8-11(15)6-4-3-5-7-11/h9,15H,2-8,12H2,1H3,(H,13,14)/t9-/m1/s1. The molecular weight excluding hydrogens is 192 g/mol. The smallest absolute Gasteiger partial charge is 0.237 e. The summed E-state index contributed by atoms with van der Waals surface area (Å²) >= 11 is 0. The van der Waals surface area contributed by atoms with E-state index in [2.05, 4.69) is 5.32 Å². The Bertz CT molecular complexity index is 213. The highest BCUT2D eigenvalue weighted by molar-refractivity contribution is 5.81. The molecule has 4 nitrogen and oxygen atoms in total. The Morgan fingerprint density at radius 1 is 1.47 bits per heavy atom. The van der Waals surface area contributed by atoms with Crippen molar-refractivity contribution in [3.63, 3.8) is 0 Å². The first-order chi connectivity index (χ1) is 7.07. The zero-order valence-electron chi connectivity index (χ0n) is 9.46. The van der Waals surface area contributed by atoms with Crippen molar-refractivity contribution >= 4 is 5.91 Å². The van der Waals surface area contributed by atoms with Crippen molar-refractivity contribution in [1.82, 2.24) is 5.32 Å². The van der Waals surface area contributed by atoms with Crippen LogP contribution in [0.2, 0.25) is 0 Å². The van der Waals surface area contributed by atoms with Crippen LogP contribution in [0.15, 0.2) is 0 Å². The molecule has 1 amide bonds. The van der Waals surface area contributed by atoms with Gasteiger partial charge in [0.15, 0.2) is 0 Å². The lowest BCUT2D eigenvalue weighted by atomic mass is 9.85. The molecule has 1 atom stereocenters.